The third-order valence-corrected chi connectivity index (χ3v) is 4.29. The molecule has 6 nitrogen and oxygen atoms in total. The molecule has 1 aliphatic rings. The Morgan fingerprint density at radius 1 is 1.15 bits per heavy atom. The maximum atomic E-state index is 12.0. The Hall–Kier alpha value is -3.28. The van der Waals surface area contributed by atoms with Gasteiger partial charge in [0.2, 0.25) is 0 Å². The molecule has 0 aliphatic carbocycles. The normalized spacial score (nSPS) is 18.1. The van der Waals surface area contributed by atoms with Crippen molar-refractivity contribution in [2.24, 2.45) is 0 Å². The zero-order chi connectivity index (χ0) is 18.3. The third-order valence-electron chi connectivity index (χ3n) is 4.29. The first kappa shape index (κ1) is 16.2. The van der Waals surface area contributed by atoms with E-state index in [0.717, 1.165) is 10.9 Å². The largest absolute Gasteiger partial charge is 0.461 e. The number of rotatable bonds is 3. The van der Waals surface area contributed by atoms with Crippen LogP contribution < -0.4 is 15.2 Å². The van der Waals surface area contributed by atoms with Gasteiger partial charge in [-0.05, 0) is 19.1 Å². The predicted molar refractivity (Wildman–Crippen MR) is 97.2 cm³/mol. The molecule has 132 valence electrons. The van der Waals surface area contributed by atoms with Crippen LogP contribution in [0.3, 0.4) is 0 Å². The van der Waals surface area contributed by atoms with Gasteiger partial charge < -0.3 is 19.9 Å². The van der Waals surface area contributed by atoms with Crippen LogP contribution in [0.2, 0.25) is 0 Å². The molecule has 3 aromatic rings. The summed E-state index contributed by atoms with van der Waals surface area (Å²) < 4.78 is 17.1. The number of fused-ring (bicyclic) bond motifs is 2. The lowest BCUT2D eigenvalue weighted by atomic mass is 10.1. The molecule has 2 aromatic carbocycles. The smallest absolute Gasteiger partial charge is 0.359 e. The molecule has 2 N–H and O–H groups in total. The van der Waals surface area contributed by atoms with Gasteiger partial charge in [-0.3, -0.25) is 0 Å². The zero-order valence-corrected chi connectivity index (χ0v) is 14.5. The minimum atomic E-state index is -0.920. The number of nitrogens with zero attached hydrogens (tertiary/aromatic N) is 1. The number of pyridine rings is 1. The van der Waals surface area contributed by atoms with Gasteiger partial charge >= 0.3 is 5.97 Å². The van der Waals surface area contributed by atoms with Crippen LogP contribution in [0.5, 0.6) is 11.5 Å². The van der Waals surface area contributed by atoms with Gasteiger partial charge in [0.25, 0.3) is 5.79 Å². The van der Waals surface area contributed by atoms with Crippen molar-refractivity contribution >= 4 is 22.6 Å². The number of carbonyl (C=O) groups is 1. The Balaban J connectivity index is 1.76. The fraction of sp³-hybridized carbons (Fsp3) is 0.200. The van der Waals surface area contributed by atoms with Crippen LogP contribution >= 0.6 is 0 Å². The van der Waals surface area contributed by atoms with Gasteiger partial charge in [0.1, 0.15) is 0 Å². The van der Waals surface area contributed by atoms with E-state index in [1.807, 2.05) is 43.3 Å². The number of aromatic nitrogens is 1. The molecule has 1 aromatic heterocycles. The lowest BCUT2D eigenvalue weighted by Crippen LogP contribution is -2.31. The Labute approximate surface area is 150 Å². The number of hydrogen-bond acceptors (Lipinski definition) is 6. The summed E-state index contributed by atoms with van der Waals surface area (Å²) in [7, 11) is 0. The van der Waals surface area contributed by atoms with E-state index in [1.165, 1.54) is 0 Å². The van der Waals surface area contributed by atoms with Gasteiger partial charge in [0, 0.05) is 23.9 Å². The summed E-state index contributed by atoms with van der Waals surface area (Å²) in [5, 5.41) is 0.759. The fourth-order valence-corrected chi connectivity index (χ4v) is 3.02. The summed E-state index contributed by atoms with van der Waals surface area (Å²) in [4.78, 5) is 16.4. The van der Waals surface area contributed by atoms with Crippen LogP contribution in [-0.2, 0) is 10.5 Å². The first-order valence-electron chi connectivity index (χ1n) is 8.35. The molecule has 0 bridgehead atoms. The molecule has 1 aliphatic heterocycles. The number of nitrogen functional groups attached to an aromatic ring is 1. The number of ether oxygens (including phenoxy) is 3. The van der Waals surface area contributed by atoms with Crippen LogP contribution in [-0.4, -0.2) is 17.6 Å². The van der Waals surface area contributed by atoms with Crippen molar-refractivity contribution in [2.45, 2.75) is 19.6 Å². The van der Waals surface area contributed by atoms with Crippen LogP contribution in [0, 0.1) is 0 Å². The van der Waals surface area contributed by atoms with Crippen LogP contribution in [0.1, 0.15) is 29.9 Å². The average molecular weight is 350 g/mol. The number of hydrogen-bond donors (Lipinski definition) is 1. The maximum absolute atomic E-state index is 12.0. The SMILES string of the molecule is CCOC(=O)c1nc2cc3c(cc2cc1N)OC(C)(c1ccccc1)O3. The first-order valence-corrected chi connectivity index (χ1v) is 8.35. The molecular weight excluding hydrogens is 332 g/mol. The van der Waals surface area contributed by atoms with Gasteiger partial charge in [-0.15, -0.1) is 0 Å². The summed E-state index contributed by atoms with van der Waals surface area (Å²) in [6.45, 7) is 3.85. The Morgan fingerprint density at radius 3 is 2.54 bits per heavy atom. The summed E-state index contributed by atoms with van der Waals surface area (Å²) in [5.41, 5.74) is 7.83. The standard InChI is InChI=1S/C20H18N2O4/c1-3-24-19(23)18-14(21)9-12-10-16-17(11-15(12)22-18)26-20(2,25-16)13-7-5-4-6-8-13/h4-11H,3,21H2,1-2H3. The van der Waals surface area contributed by atoms with Crippen molar-refractivity contribution in [3.63, 3.8) is 0 Å². The van der Waals surface area contributed by atoms with Gasteiger partial charge in [-0.2, -0.15) is 0 Å². The molecule has 0 spiro atoms. The lowest BCUT2D eigenvalue weighted by Gasteiger charge is -2.23. The van der Waals surface area contributed by atoms with Gasteiger partial charge in [0.15, 0.2) is 17.2 Å². The van der Waals surface area contributed by atoms with Gasteiger partial charge in [-0.25, -0.2) is 9.78 Å². The first-order chi connectivity index (χ1) is 12.5. The molecule has 4 rings (SSSR count). The van der Waals surface area contributed by atoms with Gasteiger partial charge in [0.05, 0.1) is 17.8 Å². The van der Waals surface area contributed by atoms with Crippen LogP contribution in [0.15, 0.2) is 48.5 Å². The lowest BCUT2D eigenvalue weighted by molar-refractivity contribution is -0.0679. The van der Waals surface area contributed by atoms with Crippen molar-refractivity contribution in [1.82, 2.24) is 4.98 Å². The Morgan fingerprint density at radius 2 is 1.85 bits per heavy atom. The second-order valence-corrected chi connectivity index (χ2v) is 6.15. The number of esters is 1. The minimum Gasteiger partial charge on any atom is -0.461 e. The fourth-order valence-electron chi connectivity index (χ4n) is 3.02. The molecule has 0 fully saturated rings. The Kier molecular flexibility index (Phi) is 3.68. The van der Waals surface area contributed by atoms with E-state index in [0.29, 0.717) is 17.0 Å². The average Bonchev–Trinajstić information content (AvgIpc) is 2.96. The zero-order valence-electron chi connectivity index (χ0n) is 14.5. The number of carbonyl (C=O) groups excluding carboxylic acids is 1. The van der Waals surface area contributed by atoms with Crippen molar-refractivity contribution in [3.8, 4) is 11.5 Å². The van der Waals surface area contributed by atoms with E-state index in [-0.39, 0.29) is 18.0 Å². The van der Waals surface area contributed by atoms with Crippen LogP contribution in [0.4, 0.5) is 5.69 Å². The topological polar surface area (TPSA) is 83.7 Å². The molecular formula is C20H18N2O4. The minimum absolute atomic E-state index is 0.101. The van der Waals surface area contributed by atoms with Crippen molar-refractivity contribution < 1.29 is 19.0 Å². The highest BCUT2D eigenvalue weighted by atomic mass is 16.7. The van der Waals surface area contributed by atoms with Crippen molar-refractivity contribution in [2.75, 3.05) is 12.3 Å². The maximum Gasteiger partial charge on any atom is 0.359 e. The van der Waals surface area contributed by atoms with E-state index in [4.69, 9.17) is 19.9 Å². The van der Waals surface area contributed by atoms with Crippen molar-refractivity contribution in [3.05, 3.63) is 59.8 Å². The highest BCUT2D eigenvalue weighted by molar-refractivity contribution is 5.97. The summed E-state index contributed by atoms with van der Waals surface area (Å²) in [5.74, 6) is -0.292. The Bertz CT molecular complexity index is 1000. The molecule has 6 heteroatoms. The van der Waals surface area contributed by atoms with E-state index in [9.17, 15) is 4.79 Å². The number of benzene rings is 2. The second kappa shape index (κ2) is 5.91. The molecule has 1 atom stereocenters. The molecule has 0 radical (unpaired) electrons. The predicted octanol–water partition coefficient (Wildman–Crippen LogP) is 3.64. The molecule has 0 amide bonds. The monoisotopic (exact) mass is 350 g/mol. The molecule has 1 unspecified atom stereocenters. The molecule has 0 saturated heterocycles. The van der Waals surface area contributed by atoms with E-state index in [2.05, 4.69) is 4.98 Å². The highest BCUT2D eigenvalue weighted by Crippen LogP contribution is 2.45. The highest BCUT2D eigenvalue weighted by Gasteiger charge is 2.39. The second-order valence-electron chi connectivity index (χ2n) is 6.15. The molecule has 26 heavy (non-hydrogen) atoms. The van der Waals surface area contributed by atoms with E-state index in [1.54, 1.807) is 19.1 Å². The summed E-state index contributed by atoms with van der Waals surface area (Å²) in [6, 6.07) is 14.9. The van der Waals surface area contributed by atoms with E-state index >= 15 is 0 Å². The van der Waals surface area contributed by atoms with E-state index < -0.39 is 11.8 Å². The molecule has 0 saturated carbocycles. The van der Waals surface area contributed by atoms with Gasteiger partial charge in [-0.1, -0.05) is 30.3 Å². The quantitative estimate of drug-likeness (QED) is 0.726. The summed E-state index contributed by atoms with van der Waals surface area (Å²) in [6.07, 6.45) is 0. The number of anilines is 1. The number of nitrogens with two attached hydrogens (primary N) is 1. The molecule has 2 heterocycles. The summed E-state index contributed by atoms with van der Waals surface area (Å²) >= 11 is 0. The van der Waals surface area contributed by atoms with Crippen molar-refractivity contribution in [1.29, 1.82) is 0 Å². The third kappa shape index (κ3) is 2.60. The van der Waals surface area contributed by atoms with Crippen LogP contribution in [0.25, 0.3) is 10.9 Å².